The normalized spacial score (nSPS) is 14.1. The number of hydrogen-bond donors (Lipinski definition) is 0. The van der Waals surface area contributed by atoms with Gasteiger partial charge < -0.3 is 0 Å². The molecule has 0 unspecified atom stereocenters. The summed E-state index contributed by atoms with van der Waals surface area (Å²) in [6.45, 7) is 1.91. The summed E-state index contributed by atoms with van der Waals surface area (Å²) in [7, 11) is -0.963. The highest BCUT2D eigenvalue weighted by molar-refractivity contribution is 7.85. The smallest absolute Gasteiger partial charge is 0.0622 e. The molecule has 1 rings (SSSR count). The molecule has 2 nitrogen and oxygen atoms in total. The Kier molecular flexibility index (Phi) is 5.51. The number of rotatable bonds is 5. The zero-order valence-corrected chi connectivity index (χ0v) is 10.7. The molecule has 0 fully saturated rings. The van der Waals surface area contributed by atoms with Crippen LogP contribution in [0.15, 0.2) is 24.3 Å². The highest BCUT2D eigenvalue weighted by Gasteiger charge is 2.15. The first-order valence-corrected chi connectivity index (χ1v) is 6.91. The summed E-state index contributed by atoms with van der Waals surface area (Å²) in [5.74, 6) is 0.556. The molecule has 0 saturated carbocycles. The minimum absolute atomic E-state index is 0.0765. The van der Waals surface area contributed by atoms with Crippen LogP contribution in [-0.2, 0) is 10.8 Å². The molecule has 86 valence electrons. The highest BCUT2D eigenvalue weighted by atomic mass is 35.5. The zero-order valence-electron chi connectivity index (χ0n) is 9.15. The number of unbranched alkanes of at least 4 members (excludes halogenated alkanes) is 1. The summed E-state index contributed by atoms with van der Waals surface area (Å²) < 4.78 is 11.9. The van der Waals surface area contributed by atoms with E-state index >= 15 is 0 Å². The van der Waals surface area contributed by atoms with Crippen LogP contribution in [0.25, 0.3) is 0 Å². The summed E-state index contributed by atoms with van der Waals surface area (Å²) in [6, 6.07) is 9.51. The first-order chi connectivity index (χ1) is 7.66. The van der Waals surface area contributed by atoms with Gasteiger partial charge in [0.25, 0.3) is 0 Å². The second-order valence-corrected chi connectivity index (χ2v) is 5.79. The molecule has 0 heterocycles. The van der Waals surface area contributed by atoms with Crippen LogP contribution < -0.4 is 0 Å². The number of halogens is 1. The predicted molar refractivity (Wildman–Crippen MR) is 67.7 cm³/mol. The Morgan fingerprint density at radius 1 is 1.50 bits per heavy atom. The first-order valence-electron chi connectivity index (χ1n) is 5.15. The SMILES string of the molecule is C[C@H](c1ccccc1Cl)[S@](=O)CCCC#N. The standard InChI is InChI=1S/C12H14ClNOS/c1-10(16(15)9-5-4-8-14)11-6-2-3-7-12(11)13/h2-3,6-7,10H,4-5,9H2,1H3/t10-,16-/m1/s1. The van der Waals surface area contributed by atoms with Crippen molar-refractivity contribution in [3.8, 4) is 6.07 Å². The van der Waals surface area contributed by atoms with Gasteiger partial charge in [-0.2, -0.15) is 5.26 Å². The Hall–Kier alpha value is -0.850. The summed E-state index contributed by atoms with van der Waals surface area (Å²) in [6.07, 6.45) is 1.14. The number of benzene rings is 1. The van der Waals surface area contributed by atoms with Gasteiger partial charge >= 0.3 is 0 Å². The van der Waals surface area contributed by atoms with Crippen LogP contribution in [0, 0.1) is 11.3 Å². The van der Waals surface area contributed by atoms with E-state index in [1.54, 1.807) is 6.07 Å². The van der Waals surface area contributed by atoms with Gasteiger partial charge in [-0.25, -0.2) is 0 Å². The maximum absolute atomic E-state index is 11.9. The van der Waals surface area contributed by atoms with Crippen LogP contribution in [0.1, 0.15) is 30.6 Å². The molecule has 0 aliphatic carbocycles. The van der Waals surface area contributed by atoms with Crippen molar-refractivity contribution in [3.63, 3.8) is 0 Å². The molecule has 0 N–H and O–H groups in total. The Balaban J connectivity index is 2.64. The monoisotopic (exact) mass is 255 g/mol. The lowest BCUT2D eigenvalue weighted by atomic mass is 10.2. The van der Waals surface area contributed by atoms with Gasteiger partial charge in [0.15, 0.2) is 0 Å². The summed E-state index contributed by atoms with van der Waals surface area (Å²) >= 11 is 6.04. The maximum Gasteiger partial charge on any atom is 0.0622 e. The zero-order chi connectivity index (χ0) is 12.0. The molecule has 0 saturated heterocycles. The van der Waals surface area contributed by atoms with Crippen molar-refractivity contribution in [2.75, 3.05) is 5.75 Å². The third-order valence-corrected chi connectivity index (χ3v) is 4.45. The quantitative estimate of drug-likeness (QED) is 0.756. The highest BCUT2D eigenvalue weighted by Crippen LogP contribution is 2.26. The summed E-state index contributed by atoms with van der Waals surface area (Å²) in [5, 5.41) is 8.99. The van der Waals surface area contributed by atoms with E-state index in [-0.39, 0.29) is 5.25 Å². The average molecular weight is 256 g/mol. The molecule has 0 aromatic heterocycles. The Morgan fingerprint density at radius 2 is 2.19 bits per heavy atom. The molecular weight excluding hydrogens is 242 g/mol. The molecule has 0 radical (unpaired) electrons. The maximum atomic E-state index is 11.9. The lowest BCUT2D eigenvalue weighted by Crippen LogP contribution is -2.07. The van der Waals surface area contributed by atoms with E-state index in [0.29, 0.717) is 23.6 Å². The van der Waals surface area contributed by atoms with Crippen molar-refractivity contribution in [2.24, 2.45) is 0 Å². The topological polar surface area (TPSA) is 40.9 Å². The van der Waals surface area contributed by atoms with E-state index < -0.39 is 10.8 Å². The Morgan fingerprint density at radius 3 is 2.81 bits per heavy atom. The van der Waals surface area contributed by atoms with Crippen LogP contribution in [0.3, 0.4) is 0 Å². The van der Waals surface area contributed by atoms with Crippen molar-refractivity contribution in [3.05, 3.63) is 34.9 Å². The fraction of sp³-hybridized carbons (Fsp3) is 0.417. The van der Waals surface area contributed by atoms with Gasteiger partial charge in [0, 0.05) is 28.0 Å². The van der Waals surface area contributed by atoms with Crippen LogP contribution in [0.4, 0.5) is 0 Å². The van der Waals surface area contributed by atoms with Crippen molar-refractivity contribution in [2.45, 2.75) is 25.0 Å². The molecule has 1 aromatic carbocycles. The lowest BCUT2D eigenvalue weighted by Gasteiger charge is -2.12. The molecule has 2 atom stereocenters. The van der Waals surface area contributed by atoms with Crippen LogP contribution in [-0.4, -0.2) is 9.96 Å². The Labute approximate surface area is 104 Å². The minimum Gasteiger partial charge on any atom is -0.259 e. The molecule has 0 aliphatic heterocycles. The summed E-state index contributed by atoms with van der Waals surface area (Å²) in [4.78, 5) is 0. The molecule has 0 spiro atoms. The van der Waals surface area contributed by atoms with Gasteiger partial charge in [-0.3, -0.25) is 4.21 Å². The first kappa shape index (κ1) is 13.2. The Bertz CT molecular complexity index is 414. The summed E-state index contributed by atoms with van der Waals surface area (Å²) in [5.41, 5.74) is 0.916. The van der Waals surface area contributed by atoms with E-state index in [4.69, 9.17) is 16.9 Å². The molecular formula is C12H14ClNOS. The molecule has 0 bridgehead atoms. The van der Waals surface area contributed by atoms with Crippen LogP contribution in [0.5, 0.6) is 0 Å². The van der Waals surface area contributed by atoms with E-state index in [1.165, 1.54) is 0 Å². The van der Waals surface area contributed by atoms with Crippen molar-refractivity contribution < 1.29 is 4.21 Å². The van der Waals surface area contributed by atoms with Crippen molar-refractivity contribution in [1.82, 2.24) is 0 Å². The number of nitrogens with zero attached hydrogens (tertiary/aromatic N) is 1. The molecule has 0 amide bonds. The van der Waals surface area contributed by atoms with E-state index in [1.807, 2.05) is 25.1 Å². The van der Waals surface area contributed by atoms with Gasteiger partial charge in [-0.1, -0.05) is 29.8 Å². The van der Waals surface area contributed by atoms with Crippen LogP contribution in [0.2, 0.25) is 5.02 Å². The van der Waals surface area contributed by atoms with Gasteiger partial charge in [0.2, 0.25) is 0 Å². The van der Waals surface area contributed by atoms with Gasteiger partial charge in [-0.15, -0.1) is 0 Å². The van der Waals surface area contributed by atoms with E-state index in [9.17, 15) is 4.21 Å². The molecule has 1 aromatic rings. The molecule has 4 heteroatoms. The average Bonchev–Trinajstić information content (AvgIpc) is 2.29. The van der Waals surface area contributed by atoms with Gasteiger partial charge in [0.05, 0.1) is 11.3 Å². The molecule has 16 heavy (non-hydrogen) atoms. The van der Waals surface area contributed by atoms with Gasteiger partial charge in [0.1, 0.15) is 0 Å². The predicted octanol–water partition coefficient (Wildman–Crippen LogP) is 3.45. The second-order valence-electron chi connectivity index (χ2n) is 3.51. The largest absolute Gasteiger partial charge is 0.259 e. The fourth-order valence-corrected chi connectivity index (χ4v) is 3.05. The number of hydrogen-bond acceptors (Lipinski definition) is 2. The van der Waals surface area contributed by atoms with Gasteiger partial charge in [-0.05, 0) is 25.0 Å². The van der Waals surface area contributed by atoms with Crippen molar-refractivity contribution >= 4 is 22.4 Å². The number of nitriles is 1. The molecule has 0 aliphatic rings. The second kappa shape index (κ2) is 6.67. The lowest BCUT2D eigenvalue weighted by molar-refractivity contribution is 0.673. The van der Waals surface area contributed by atoms with Crippen LogP contribution >= 0.6 is 11.6 Å². The van der Waals surface area contributed by atoms with Crippen molar-refractivity contribution in [1.29, 1.82) is 5.26 Å². The third kappa shape index (κ3) is 3.62. The fourth-order valence-electron chi connectivity index (χ4n) is 1.42. The van der Waals surface area contributed by atoms with E-state index in [0.717, 1.165) is 5.56 Å². The third-order valence-electron chi connectivity index (χ3n) is 2.37. The van der Waals surface area contributed by atoms with E-state index in [2.05, 4.69) is 6.07 Å². The minimum atomic E-state index is -0.963.